The van der Waals surface area contributed by atoms with Gasteiger partial charge in [-0.15, -0.1) is 0 Å². The largest absolute Gasteiger partial charge is 0.361 e. The van der Waals surface area contributed by atoms with Crippen molar-refractivity contribution in [1.29, 1.82) is 0 Å². The number of rotatable bonds is 4. The zero-order valence-electron chi connectivity index (χ0n) is 16.4. The van der Waals surface area contributed by atoms with E-state index in [0.717, 1.165) is 26.1 Å². The second-order valence-electron chi connectivity index (χ2n) is 8.73. The minimum absolute atomic E-state index is 0.203. The molecule has 5 nitrogen and oxygen atoms in total. The number of sulfonamides is 1. The first-order valence-corrected chi connectivity index (χ1v) is 10.8. The summed E-state index contributed by atoms with van der Waals surface area (Å²) in [6, 6.07) is 8.80. The van der Waals surface area contributed by atoms with Crippen molar-refractivity contribution in [3.05, 3.63) is 42.2 Å². The van der Waals surface area contributed by atoms with Crippen LogP contribution < -0.4 is 0 Å². The molecule has 0 radical (unpaired) electrons. The van der Waals surface area contributed by atoms with Gasteiger partial charge in [0.2, 0.25) is 10.0 Å². The average Bonchev–Trinajstić information content (AvgIpc) is 2.94. The van der Waals surface area contributed by atoms with Crippen LogP contribution in [0.4, 0.5) is 0 Å². The van der Waals surface area contributed by atoms with Crippen molar-refractivity contribution in [2.75, 3.05) is 33.4 Å². The molecule has 1 atom stereocenters. The van der Waals surface area contributed by atoms with Crippen molar-refractivity contribution in [3.63, 3.8) is 0 Å². The summed E-state index contributed by atoms with van der Waals surface area (Å²) in [6.45, 7) is 9.77. The van der Waals surface area contributed by atoms with Gasteiger partial charge in [-0.25, -0.2) is 8.42 Å². The summed E-state index contributed by atoms with van der Waals surface area (Å²) in [5, 5.41) is 0. The Labute approximate surface area is 158 Å². The Morgan fingerprint density at radius 2 is 1.85 bits per heavy atom. The first-order valence-electron chi connectivity index (χ1n) is 9.39. The Kier molecular flexibility index (Phi) is 5.35. The molecule has 2 aliphatic rings. The zero-order chi connectivity index (χ0) is 18.9. The summed E-state index contributed by atoms with van der Waals surface area (Å²) in [4.78, 5) is 5.01. The average molecular weight is 378 g/mol. The molecule has 0 bridgehead atoms. The van der Waals surface area contributed by atoms with Gasteiger partial charge in [0.05, 0.1) is 11.6 Å². The Hall–Kier alpha value is -1.53. The molecule has 0 N–H and O–H groups in total. The Bertz CT molecular complexity index is 753. The lowest BCUT2D eigenvalue weighted by atomic mass is 9.92. The van der Waals surface area contributed by atoms with Crippen LogP contribution >= 0.6 is 0 Å². The molecule has 0 amide bonds. The van der Waals surface area contributed by atoms with Crippen molar-refractivity contribution in [2.45, 2.75) is 38.5 Å². The molecule has 1 unspecified atom stereocenters. The lowest BCUT2D eigenvalue weighted by molar-refractivity contribution is 0.177. The van der Waals surface area contributed by atoms with Gasteiger partial charge < -0.3 is 9.80 Å². The minimum Gasteiger partial charge on any atom is -0.361 e. The van der Waals surface area contributed by atoms with Crippen LogP contribution in [-0.4, -0.2) is 55.9 Å². The second kappa shape index (κ2) is 7.24. The summed E-state index contributed by atoms with van der Waals surface area (Å²) in [6.07, 6.45) is 4.15. The van der Waals surface area contributed by atoms with Crippen LogP contribution in [0, 0.1) is 11.3 Å². The summed E-state index contributed by atoms with van der Waals surface area (Å²) in [7, 11) is -1.33. The molecule has 1 aromatic carbocycles. The molecule has 2 heterocycles. The first kappa shape index (κ1) is 19.2. The number of hydrogen-bond donors (Lipinski definition) is 0. The Morgan fingerprint density at radius 3 is 2.50 bits per heavy atom. The van der Waals surface area contributed by atoms with E-state index in [-0.39, 0.29) is 11.3 Å². The fourth-order valence-corrected chi connectivity index (χ4v) is 5.47. The molecular weight excluding hydrogens is 346 g/mol. The van der Waals surface area contributed by atoms with Crippen molar-refractivity contribution in [1.82, 2.24) is 14.1 Å². The zero-order valence-corrected chi connectivity index (χ0v) is 17.2. The maximum atomic E-state index is 13.0. The third-order valence-corrected chi connectivity index (χ3v) is 6.84. The van der Waals surface area contributed by atoms with Crippen molar-refractivity contribution < 1.29 is 8.42 Å². The monoisotopic (exact) mass is 377 g/mol. The third kappa shape index (κ3) is 4.23. The predicted octanol–water partition coefficient (Wildman–Crippen LogP) is 3.18. The van der Waals surface area contributed by atoms with Crippen LogP contribution in [0.15, 0.2) is 47.1 Å². The maximum absolute atomic E-state index is 13.0. The molecule has 0 aliphatic carbocycles. The summed E-state index contributed by atoms with van der Waals surface area (Å²) < 4.78 is 27.7. The maximum Gasteiger partial charge on any atom is 0.243 e. The van der Waals surface area contributed by atoms with Crippen LogP contribution in [0.5, 0.6) is 0 Å². The van der Waals surface area contributed by atoms with Crippen LogP contribution in [0.1, 0.15) is 33.6 Å². The van der Waals surface area contributed by atoms with Crippen LogP contribution in [-0.2, 0) is 10.0 Å². The van der Waals surface area contributed by atoms with Gasteiger partial charge in [-0.1, -0.05) is 39.0 Å². The normalized spacial score (nSPS) is 22.6. The summed E-state index contributed by atoms with van der Waals surface area (Å²) >= 11 is 0. The summed E-state index contributed by atoms with van der Waals surface area (Å²) in [5.74, 6) is 0.259. The molecule has 26 heavy (non-hydrogen) atoms. The van der Waals surface area contributed by atoms with Gasteiger partial charge in [0.15, 0.2) is 0 Å². The van der Waals surface area contributed by atoms with Crippen LogP contribution in [0.3, 0.4) is 0 Å². The van der Waals surface area contributed by atoms with E-state index < -0.39 is 10.0 Å². The van der Waals surface area contributed by atoms with Crippen molar-refractivity contribution in [2.24, 2.45) is 11.3 Å². The number of piperidine rings is 1. The highest BCUT2D eigenvalue weighted by Gasteiger charge is 2.35. The Morgan fingerprint density at radius 1 is 1.15 bits per heavy atom. The van der Waals surface area contributed by atoms with Gasteiger partial charge in [0, 0.05) is 44.5 Å². The molecule has 6 heteroatoms. The SMILES string of the molecule is CN1C=C(C2CCCN(S(=O)(=O)c3ccccc3)C2)N(CC(C)(C)C)C1. The van der Waals surface area contributed by atoms with Gasteiger partial charge in [-0.2, -0.15) is 4.31 Å². The topological polar surface area (TPSA) is 43.9 Å². The van der Waals surface area contributed by atoms with Crippen molar-refractivity contribution >= 4 is 10.0 Å². The van der Waals surface area contributed by atoms with Gasteiger partial charge in [-0.05, 0) is 30.4 Å². The van der Waals surface area contributed by atoms with Gasteiger partial charge in [0.25, 0.3) is 0 Å². The molecule has 2 aliphatic heterocycles. The lowest BCUT2D eigenvalue weighted by Crippen LogP contribution is -2.43. The van der Waals surface area contributed by atoms with Crippen molar-refractivity contribution in [3.8, 4) is 0 Å². The molecule has 1 aromatic rings. The second-order valence-corrected chi connectivity index (χ2v) is 10.7. The Balaban J connectivity index is 1.79. The molecule has 3 rings (SSSR count). The standard InChI is InChI=1S/C20H31N3O2S/c1-20(2,3)15-22-16-21(4)14-19(22)17-9-8-12-23(13-17)26(24,25)18-10-6-5-7-11-18/h5-7,10-11,14,17H,8-9,12-13,15-16H2,1-4H3. The fraction of sp³-hybridized carbons (Fsp3) is 0.600. The van der Waals surface area contributed by atoms with Gasteiger partial charge in [-0.3, -0.25) is 0 Å². The highest BCUT2D eigenvalue weighted by atomic mass is 32.2. The van der Waals surface area contributed by atoms with Gasteiger partial charge >= 0.3 is 0 Å². The molecule has 0 saturated carbocycles. The molecule has 0 aromatic heterocycles. The highest BCUT2D eigenvalue weighted by Crippen LogP contribution is 2.33. The fourth-order valence-electron chi connectivity index (χ4n) is 3.92. The molecular formula is C20H31N3O2S. The van der Waals surface area contributed by atoms with Gasteiger partial charge in [0.1, 0.15) is 0 Å². The van der Waals surface area contributed by atoms with E-state index in [1.165, 1.54) is 5.70 Å². The number of nitrogens with zero attached hydrogens (tertiary/aromatic N) is 3. The first-order chi connectivity index (χ1) is 12.2. The highest BCUT2D eigenvalue weighted by molar-refractivity contribution is 7.89. The third-order valence-electron chi connectivity index (χ3n) is 4.96. The number of hydrogen-bond acceptors (Lipinski definition) is 4. The lowest BCUT2D eigenvalue weighted by Gasteiger charge is -2.37. The van der Waals surface area contributed by atoms with E-state index in [9.17, 15) is 8.42 Å². The smallest absolute Gasteiger partial charge is 0.243 e. The molecule has 1 saturated heterocycles. The van der Waals surface area contributed by atoms with E-state index in [1.807, 2.05) is 6.07 Å². The van der Waals surface area contributed by atoms with E-state index >= 15 is 0 Å². The molecule has 0 spiro atoms. The van der Waals surface area contributed by atoms with Crippen LogP contribution in [0.25, 0.3) is 0 Å². The molecule has 1 fully saturated rings. The van der Waals surface area contributed by atoms with E-state index in [0.29, 0.717) is 18.0 Å². The van der Waals surface area contributed by atoms with E-state index in [2.05, 4.69) is 43.8 Å². The van der Waals surface area contributed by atoms with E-state index in [1.54, 1.807) is 28.6 Å². The van der Waals surface area contributed by atoms with Crippen LogP contribution in [0.2, 0.25) is 0 Å². The predicted molar refractivity (Wildman–Crippen MR) is 105 cm³/mol. The summed E-state index contributed by atoms with van der Waals surface area (Å²) in [5.41, 5.74) is 1.49. The van der Waals surface area contributed by atoms with E-state index in [4.69, 9.17) is 0 Å². The molecule has 144 valence electrons. The number of benzene rings is 1. The minimum atomic E-state index is -3.42. The quantitative estimate of drug-likeness (QED) is 0.808.